The first kappa shape index (κ1) is 21.4. The zero-order valence-corrected chi connectivity index (χ0v) is 18.9. The summed E-state index contributed by atoms with van der Waals surface area (Å²) in [5, 5.41) is 5.09. The van der Waals surface area contributed by atoms with Crippen LogP contribution >= 0.6 is 11.3 Å². The van der Waals surface area contributed by atoms with Gasteiger partial charge in [0.15, 0.2) is 0 Å². The SMILES string of the molecule is O=C1C(Nc2ccc(N3CCCCC3)cc2)=C(c2cccs2)C(=O)N1Cc1ccc(F)cc1. The lowest BCUT2D eigenvalue weighted by Crippen LogP contribution is -2.32. The van der Waals surface area contributed by atoms with Crippen molar-refractivity contribution in [3.05, 3.63) is 88.0 Å². The minimum Gasteiger partial charge on any atom is -0.372 e. The molecule has 33 heavy (non-hydrogen) atoms. The molecule has 0 aliphatic carbocycles. The van der Waals surface area contributed by atoms with Crippen LogP contribution in [0, 0.1) is 5.82 Å². The van der Waals surface area contributed by atoms with Crippen LogP contribution in [0.5, 0.6) is 0 Å². The maximum Gasteiger partial charge on any atom is 0.278 e. The number of halogens is 1. The number of piperidine rings is 1. The number of carbonyl (C=O) groups is 2. The van der Waals surface area contributed by atoms with Crippen molar-refractivity contribution in [1.29, 1.82) is 0 Å². The smallest absolute Gasteiger partial charge is 0.278 e. The van der Waals surface area contributed by atoms with Crippen molar-refractivity contribution in [2.45, 2.75) is 25.8 Å². The van der Waals surface area contributed by atoms with Crippen LogP contribution in [0.3, 0.4) is 0 Å². The third kappa shape index (κ3) is 4.41. The van der Waals surface area contributed by atoms with E-state index < -0.39 is 0 Å². The van der Waals surface area contributed by atoms with Gasteiger partial charge < -0.3 is 10.2 Å². The maximum absolute atomic E-state index is 13.3. The Morgan fingerprint density at radius 1 is 0.879 bits per heavy atom. The number of carbonyl (C=O) groups excluding carboxylic acids is 2. The highest BCUT2D eigenvalue weighted by Crippen LogP contribution is 2.34. The Kier molecular flexibility index (Phi) is 5.96. The highest BCUT2D eigenvalue weighted by molar-refractivity contribution is 7.11. The molecular formula is C26H24FN3O2S. The van der Waals surface area contributed by atoms with Crippen molar-refractivity contribution in [1.82, 2.24) is 4.90 Å². The van der Waals surface area contributed by atoms with Crippen molar-refractivity contribution in [3.63, 3.8) is 0 Å². The van der Waals surface area contributed by atoms with Crippen LogP contribution in [0.1, 0.15) is 29.7 Å². The summed E-state index contributed by atoms with van der Waals surface area (Å²) < 4.78 is 13.3. The molecule has 1 saturated heterocycles. The molecule has 0 atom stereocenters. The number of anilines is 2. The van der Waals surface area contributed by atoms with Crippen molar-refractivity contribution < 1.29 is 14.0 Å². The van der Waals surface area contributed by atoms with E-state index in [4.69, 9.17) is 0 Å². The number of imide groups is 1. The average molecular weight is 462 g/mol. The lowest BCUT2D eigenvalue weighted by Gasteiger charge is -2.28. The van der Waals surface area contributed by atoms with E-state index in [0.29, 0.717) is 11.1 Å². The van der Waals surface area contributed by atoms with Crippen LogP contribution in [0.2, 0.25) is 0 Å². The average Bonchev–Trinajstić information content (AvgIpc) is 3.45. The number of benzene rings is 2. The zero-order valence-electron chi connectivity index (χ0n) is 18.1. The van der Waals surface area contributed by atoms with Gasteiger partial charge in [0.1, 0.15) is 11.5 Å². The molecule has 3 aromatic rings. The molecular weight excluding hydrogens is 437 g/mol. The van der Waals surface area contributed by atoms with Gasteiger partial charge in [-0.2, -0.15) is 0 Å². The summed E-state index contributed by atoms with van der Waals surface area (Å²) in [7, 11) is 0. The summed E-state index contributed by atoms with van der Waals surface area (Å²) in [5.74, 6) is -1.09. The first-order chi connectivity index (χ1) is 16.1. The first-order valence-corrected chi connectivity index (χ1v) is 12.0. The Bertz CT molecular complexity index is 1180. The fourth-order valence-corrected chi connectivity index (χ4v) is 5.08. The molecule has 0 saturated carbocycles. The Morgan fingerprint density at radius 3 is 2.27 bits per heavy atom. The molecule has 2 aliphatic heterocycles. The Balaban J connectivity index is 1.41. The van der Waals surface area contributed by atoms with Crippen molar-refractivity contribution in [2.24, 2.45) is 0 Å². The zero-order chi connectivity index (χ0) is 22.8. The lowest BCUT2D eigenvalue weighted by molar-refractivity contribution is -0.137. The minimum atomic E-state index is -0.382. The molecule has 1 aromatic heterocycles. The molecule has 1 fully saturated rings. The van der Waals surface area contributed by atoms with E-state index in [1.54, 1.807) is 12.1 Å². The maximum atomic E-state index is 13.3. The van der Waals surface area contributed by atoms with Gasteiger partial charge in [-0.15, -0.1) is 11.3 Å². The van der Waals surface area contributed by atoms with E-state index >= 15 is 0 Å². The highest BCUT2D eigenvalue weighted by Gasteiger charge is 2.39. The second-order valence-corrected chi connectivity index (χ2v) is 9.22. The van der Waals surface area contributed by atoms with Gasteiger partial charge in [-0.1, -0.05) is 18.2 Å². The standard InChI is InChI=1S/C26H24FN3O2S/c27-19-8-6-18(7-9-19)17-30-25(31)23(22-5-4-16-33-22)24(26(30)32)28-20-10-12-21(13-11-20)29-14-2-1-3-15-29/h4-13,16,28H,1-3,14-15,17H2. The van der Waals surface area contributed by atoms with Gasteiger partial charge >= 0.3 is 0 Å². The molecule has 0 spiro atoms. The fraction of sp³-hybridized carbons (Fsp3) is 0.231. The van der Waals surface area contributed by atoms with Crippen LogP contribution in [-0.2, 0) is 16.1 Å². The molecule has 1 N–H and O–H groups in total. The van der Waals surface area contributed by atoms with E-state index in [1.165, 1.54) is 53.3 Å². The summed E-state index contributed by atoms with van der Waals surface area (Å²) in [6.45, 7) is 2.21. The van der Waals surface area contributed by atoms with Gasteiger partial charge in [0, 0.05) is 29.3 Å². The second kappa shape index (κ2) is 9.19. The third-order valence-corrected chi connectivity index (χ3v) is 6.93. The van der Waals surface area contributed by atoms with Crippen LogP contribution in [0.25, 0.3) is 5.57 Å². The summed E-state index contributed by atoms with van der Waals surface area (Å²) in [6.07, 6.45) is 3.69. The van der Waals surface area contributed by atoms with Gasteiger partial charge in [-0.05, 0) is 72.7 Å². The Morgan fingerprint density at radius 2 is 1.61 bits per heavy atom. The molecule has 2 aliphatic rings. The molecule has 0 unspecified atom stereocenters. The molecule has 5 nitrogen and oxygen atoms in total. The van der Waals surface area contributed by atoms with Crippen LogP contribution in [0.15, 0.2) is 71.7 Å². The highest BCUT2D eigenvalue weighted by atomic mass is 32.1. The monoisotopic (exact) mass is 461 g/mol. The summed E-state index contributed by atoms with van der Waals surface area (Å²) in [5.41, 5.74) is 3.26. The quantitative estimate of drug-likeness (QED) is 0.508. The number of nitrogens with zero attached hydrogens (tertiary/aromatic N) is 2. The molecule has 0 radical (unpaired) electrons. The Hall–Kier alpha value is -3.45. The van der Waals surface area contributed by atoms with Crippen molar-refractivity contribution >= 4 is 40.1 Å². The normalized spacial score (nSPS) is 16.6. The predicted molar refractivity (Wildman–Crippen MR) is 129 cm³/mol. The lowest BCUT2D eigenvalue weighted by atomic mass is 10.1. The number of hydrogen-bond acceptors (Lipinski definition) is 5. The molecule has 5 rings (SSSR count). The number of thiophene rings is 1. The van der Waals surface area contributed by atoms with Gasteiger partial charge in [0.2, 0.25) is 0 Å². The molecule has 168 valence electrons. The van der Waals surface area contributed by atoms with E-state index in [1.807, 2.05) is 29.6 Å². The number of rotatable bonds is 6. The summed E-state index contributed by atoms with van der Waals surface area (Å²) >= 11 is 1.42. The van der Waals surface area contributed by atoms with Crippen molar-refractivity contribution in [3.8, 4) is 0 Å². The predicted octanol–water partition coefficient (Wildman–Crippen LogP) is 5.27. The van der Waals surface area contributed by atoms with Crippen LogP contribution in [-0.4, -0.2) is 29.8 Å². The van der Waals surface area contributed by atoms with E-state index in [9.17, 15) is 14.0 Å². The van der Waals surface area contributed by atoms with E-state index in [0.717, 1.165) is 23.7 Å². The van der Waals surface area contributed by atoms with Crippen LogP contribution < -0.4 is 10.2 Å². The van der Waals surface area contributed by atoms with E-state index in [-0.39, 0.29) is 29.9 Å². The van der Waals surface area contributed by atoms with Crippen molar-refractivity contribution in [2.75, 3.05) is 23.3 Å². The van der Waals surface area contributed by atoms with Crippen LogP contribution in [0.4, 0.5) is 15.8 Å². The number of hydrogen-bond donors (Lipinski definition) is 1. The molecule has 2 aromatic carbocycles. The van der Waals surface area contributed by atoms with Gasteiger partial charge in [-0.3, -0.25) is 14.5 Å². The molecule has 7 heteroatoms. The molecule has 0 bridgehead atoms. The second-order valence-electron chi connectivity index (χ2n) is 8.27. The van der Waals surface area contributed by atoms with Gasteiger partial charge in [0.05, 0.1) is 12.1 Å². The third-order valence-electron chi connectivity index (χ3n) is 6.05. The largest absolute Gasteiger partial charge is 0.372 e. The fourth-order valence-electron chi connectivity index (χ4n) is 4.31. The van der Waals surface area contributed by atoms with Gasteiger partial charge in [-0.25, -0.2) is 4.39 Å². The first-order valence-electron chi connectivity index (χ1n) is 11.1. The van der Waals surface area contributed by atoms with Gasteiger partial charge in [0.25, 0.3) is 11.8 Å². The molecule has 2 amide bonds. The summed E-state index contributed by atoms with van der Waals surface area (Å²) in [6, 6.07) is 17.5. The minimum absolute atomic E-state index is 0.0892. The topological polar surface area (TPSA) is 52.7 Å². The molecule has 3 heterocycles. The number of amides is 2. The van der Waals surface area contributed by atoms with E-state index in [2.05, 4.69) is 22.3 Å². The Labute approximate surface area is 196 Å². The summed E-state index contributed by atoms with van der Waals surface area (Å²) in [4.78, 5) is 30.9. The number of nitrogens with one attached hydrogen (secondary N) is 1.